The number of hydrogen-bond donors (Lipinski definition) is 1. The first-order chi connectivity index (χ1) is 10.0. The first kappa shape index (κ1) is 15.6. The summed E-state index contributed by atoms with van der Waals surface area (Å²) in [5.74, 6) is 1.58. The second kappa shape index (κ2) is 7.27. The number of aryl methyl sites for hydroxylation is 2. The van der Waals surface area contributed by atoms with E-state index in [4.69, 9.17) is 4.74 Å². The third-order valence-corrected chi connectivity index (χ3v) is 3.23. The number of benzene rings is 1. The molecule has 4 nitrogen and oxygen atoms in total. The van der Waals surface area contributed by atoms with Crippen LogP contribution in [0.4, 0.5) is 0 Å². The fourth-order valence-corrected chi connectivity index (χ4v) is 2.17. The van der Waals surface area contributed by atoms with Gasteiger partial charge in [0.2, 0.25) is 0 Å². The van der Waals surface area contributed by atoms with E-state index in [-0.39, 0.29) is 0 Å². The maximum absolute atomic E-state index is 5.93. The third kappa shape index (κ3) is 4.90. The molecular formula is C17H25N3O. The van der Waals surface area contributed by atoms with Crippen molar-refractivity contribution in [3.63, 3.8) is 0 Å². The fourth-order valence-electron chi connectivity index (χ4n) is 2.17. The molecular weight excluding hydrogens is 262 g/mol. The third-order valence-electron chi connectivity index (χ3n) is 3.23. The van der Waals surface area contributed by atoms with Gasteiger partial charge in [-0.15, -0.1) is 0 Å². The lowest BCUT2D eigenvalue weighted by Gasteiger charge is -2.13. The Balaban J connectivity index is 2.00. The zero-order chi connectivity index (χ0) is 15.2. The number of ether oxygens (including phenoxy) is 1. The van der Waals surface area contributed by atoms with Crippen LogP contribution in [0.5, 0.6) is 5.75 Å². The van der Waals surface area contributed by atoms with Crippen LogP contribution < -0.4 is 10.1 Å². The Kier molecular flexibility index (Phi) is 5.39. The van der Waals surface area contributed by atoms with E-state index in [1.165, 1.54) is 11.1 Å². The summed E-state index contributed by atoms with van der Waals surface area (Å²) in [6, 6.07) is 8.29. The molecule has 0 amide bonds. The van der Waals surface area contributed by atoms with Crippen LogP contribution >= 0.6 is 0 Å². The summed E-state index contributed by atoms with van der Waals surface area (Å²) in [6.45, 7) is 8.87. The molecule has 0 radical (unpaired) electrons. The first-order valence-corrected chi connectivity index (χ1v) is 7.46. The van der Waals surface area contributed by atoms with Crippen LogP contribution in [-0.4, -0.2) is 16.3 Å². The molecule has 21 heavy (non-hydrogen) atoms. The summed E-state index contributed by atoms with van der Waals surface area (Å²) in [4.78, 5) is 0. The van der Waals surface area contributed by atoms with Crippen LogP contribution in [0, 0.1) is 12.8 Å². The monoisotopic (exact) mass is 287 g/mol. The molecule has 0 unspecified atom stereocenters. The highest BCUT2D eigenvalue weighted by atomic mass is 16.5. The molecule has 1 aromatic heterocycles. The van der Waals surface area contributed by atoms with Crippen LogP contribution in [0.2, 0.25) is 0 Å². The summed E-state index contributed by atoms with van der Waals surface area (Å²) < 4.78 is 7.72. The van der Waals surface area contributed by atoms with Gasteiger partial charge in [-0.1, -0.05) is 31.5 Å². The molecule has 1 heterocycles. The van der Waals surface area contributed by atoms with E-state index in [1.54, 1.807) is 4.68 Å². The summed E-state index contributed by atoms with van der Waals surface area (Å²) in [5, 5.41) is 7.81. The summed E-state index contributed by atoms with van der Waals surface area (Å²) in [7, 11) is 1.91. The van der Waals surface area contributed by atoms with E-state index >= 15 is 0 Å². The van der Waals surface area contributed by atoms with Gasteiger partial charge in [-0.2, -0.15) is 5.10 Å². The number of hydrogen-bond acceptors (Lipinski definition) is 3. The standard InChI is InChI=1S/C17H25N3O/c1-13(2)10-18-11-15-9-14(3)5-6-17(15)21-12-16-7-8-20(4)19-16/h5-9,13,18H,10-12H2,1-4H3. The van der Waals surface area contributed by atoms with Crippen LogP contribution in [0.3, 0.4) is 0 Å². The minimum absolute atomic E-state index is 0.501. The smallest absolute Gasteiger partial charge is 0.132 e. The molecule has 0 atom stereocenters. The van der Waals surface area contributed by atoms with E-state index in [9.17, 15) is 0 Å². The Labute approximate surface area is 127 Å². The van der Waals surface area contributed by atoms with Crippen molar-refractivity contribution < 1.29 is 4.74 Å². The molecule has 0 saturated heterocycles. The lowest BCUT2D eigenvalue weighted by molar-refractivity contribution is 0.296. The van der Waals surface area contributed by atoms with Gasteiger partial charge in [0.15, 0.2) is 0 Å². The van der Waals surface area contributed by atoms with Gasteiger partial charge < -0.3 is 10.1 Å². The SMILES string of the molecule is Cc1ccc(OCc2ccn(C)n2)c(CNCC(C)C)c1. The van der Waals surface area contributed by atoms with Crippen molar-refractivity contribution in [3.05, 3.63) is 47.3 Å². The van der Waals surface area contributed by atoms with Crippen molar-refractivity contribution in [1.29, 1.82) is 0 Å². The number of nitrogens with one attached hydrogen (secondary N) is 1. The summed E-state index contributed by atoms with van der Waals surface area (Å²) >= 11 is 0. The summed E-state index contributed by atoms with van der Waals surface area (Å²) in [6.07, 6.45) is 1.93. The Bertz CT molecular complexity index is 575. The van der Waals surface area contributed by atoms with Gasteiger partial charge in [0.25, 0.3) is 0 Å². The average molecular weight is 287 g/mol. The van der Waals surface area contributed by atoms with Gasteiger partial charge >= 0.3 is 0 Å². The quantitative estimate of drug-likeness (QED) is 0.850. The molecule has 0 aliphatic carbocycles. The maximum Gasteiger partial charge on any atom is 0.132 e. The van der Waals surface area contributed by atoms with E-state index in [0.717, 1.165) is 24.5 Å². The number of aromatic nitrogens is 2. The van der Waals surface area contributed by atoms with E-state index in [1.807, 2.05) is 25.4 Å². The van der Waals surface area contributed by atoms with Gasteiger partial charge in [0, 0.05) is 25.4 Å². The minimum Gasteiger partial charge on any atom is -0.487 e. The molecule has 2 aromatic rings. The number of rotatable bonds is 7. The Morgan fingerprint density at radius 3 is 2.76 bits per heavy atom. The lowest BCUT2D eigenvalue weighted by Crippen LogP contribution is -2.19. The molecule has 1 N–H and O–H groups in total. The van der Waals surface area contributed by atoms with Gasteiger partial charge in [0.1, 0.15) is 12.4 Å². The zero-order valence-electron chi connectivity index (χ0n) is 13.4. The molecule has 2 rings (SSSR count). The highest BCUT2D eigenvalue weighted by molar-refractivity contribution is 5.37. The molecule has 1 aromatic carbocycles. The predicted molar refractivity (Wildman–Crippen MR) is 85.3 cm³/mol. The molecule has 0 saturated carbocycles. The topological polar surface area (TPSA) is 39.1 Å². The lowest BCUT2D eigenvalue weighted by atomic mass is 10.1. The zero-order valence-corrected chi connectivity index (χ0v) is 13.4. The number of nitrogens with zero attached hydrogens (tertiary/aromatic N) is 2. The average Bonchev–Trinajstić information content (AvgIpc) is 2.83. The van der Waals surface area contributed by atoms with Crippen LogP contribution in [0.25, 0.3) is 0 Å². The molecule has 0 aliphatic rings. The maximum atomic E-state index is 5.93. The predicted octanol–water partition coefficient (Wildman–Crippen LogP) is 3.05. The second-order valence-electron chi connectivity index (χ2n) is 5.91. The minimum atomic E-state index is 0.501. The van der Waals surface area contributed by atoms with Crippen molar-refractivity contribution in [2.24, 2.45) is 13.0 Å². The van der Waals surface area contributed by atoms with Gasteiger partial charge in [-0.25, -0.2) is 0 Å². The van der Waals surface area contributed by atoms with E-state index in [2.05, 4.69) is 43.3 Å². The van der Waals surface area contributed by atoms with Crippen molar-refractivity contribution >= 4 is 0 Å². The first-order valence-electron chi connectivity index (χ1n) is 7.46. The van der Waals surface area contributed by atoms with Gasteiger partial charge in [-0.05, 0) is 31.5 Å². The molecule has 0 fully saturated rings. The summed E-state index contributed by atoms with van der Waals surface area (Å²) in [5.41, 5.74) is 3.40. The van der Waals surface area contributed by atoms with Gasteiger partial charge in [0.05, 0.1) is 5.69 Å². The highest BCUT2D eigenvalue weighted by Crippen LogP contribution is 2.21. The largest absolute Gasteiger partial charge is 0.487 e. The molecule has 114 valence electrons. The molecule has 0 spiro atoms. The van der Waals surface area contributed by atoms with Crippen molar-refractivity contribution in [2.75, 3.05) is 6.54 Å². The van der Waals surface area contributed by atoms with Crippen LogP contribution in [-0.2, 0) is 20.2 Å². The van der Waals surface area contributed by atoms with Crippen LogP contribution in [0.1, 0.15) is 30.7 Å². The van der Waals surface area contributed by atoms with Crippen molar-refractivity contribution in [1.82, 2.24) is 15.1 Å². The molecule has 0 aliphatic heterocycles. The Morgan fingerprint density at radius 1 is 1.29 bits per heavy atom. The van der Waals surface area contributed by atoms with Crippen molar-refractivity contribution in [3.8, 4) is 5.75 Å². The Morgan fingerprint density at radius 2 is 2.10 bits per heavy atom. The van der Waals surface area contributed by atoms with Gasteiger partial charge in [-0.3, -0.25) is 4.68 Å². The molecule has 4 heteroatoms. The van der Waals surface area contributed by atoms with Crippen LogP contribution in [0.15, 0.2) is 30.5 Å². The fraction of sp³-hybridized carbons (Fsp3) is 0.471. The highest BCUT2D eigenvalue weighted by Gasteiger charge is 2.06. The van der Waals surface area contributed by atoms with E-state index in [0.29, 0.717) is 12.5 Å². The normalized spacial score (nSPS) is 11.1. The molecule has 0 bridgehead atoms. The van der Waals surface area contributed by atoms with Crippen molar-refractivity contribution in [2.45, 2.75) is 33.9 Å². The second-order valence-corrected chi connectivity index (χ2v) is 5.91. The Hall–Kier alpha value is -1.81. The van der Waals surface area contributed by atoms with E-state index < -0.39 is 0 Å².